The second-order valence-electron chi connectivity index (χ2n) is 5.54. The van der Waals surface area contributed by atoms with Gasteiger partial charge in [0.15, 0.2) is 0 Å². The van der Waals surface area contributed by atoms with Crippen LogP contribution in [0.1, 0.15) is 24.1 Å². The van der Waals surface area contributed by atoms with E-state index < -0.39 is 10.0 Å². The van der Waals surface area contributed by atoms with E-state index in [1.807, 2.05) is 22.9 Å². The molecular weight excluding hydrogens is 380 g/mol. The highest BCUT2D eigenvalue weighted by Crippen LogP contribution is 2.30. The van der Waals surface area contributed by atoms with E-state index >= 15 is 0 Å². The van der Waals surface area contributed by atoms with Crippen LogP contribution in [0.15, 0.2) is 24.4 Å². The number of sulfonamides is 1. The lowest BCUT2D eigenvalue weighted by Crippen LogP contribution is -2.28. The summed E-state index contributed by atoms with van der Waals surface area (Å²) < 4.78 is 27.4. The van der Waals surface area contributed by atoms with Crippen LogP contribution in [-0.2, 0) is 29.4 Å². The smallest absolute Gasteiger partial charge is 0.221 e. The van der Waals surface area contributed by atoms with Crippen molar-refractivity contribution in [2.75, 3.05) is 11.2 Å². The zero-order valence-electron chi connectivity index (χ0n) is 12.7. The first-order chi connectivity index (χ1) is 11.1. The van der Waals surface area contributed by atoms with Crippen molar-refractivity contribution in [3.8, 4) is 11.4 Å². The zero-order chi connectivity index (χ0) is 16.3. The Morgan fingerprint density at radius 2 is 2.09 bits per heavy atom. The molecule has 124 valence electrons. The van der Waals surface area contributed by atoms with Crippen LogP contribution in [0.4, 0.5) is 0 Å². The summed E-state index contributed by atoms with van der Waals surface area (Å²) in [5, 5.41) is 4.72. The Morgan fingerprint density at radius 3 is 2.83 bits per heavy atom. The molecule has 0 bridgehead atoms. The summed E-state index contributed by atoms with van der Waals surface area (Å²) >= 11 is 2.97. The Bertz CT molecular complexity index is 774. The van der Waals surface area contributed by atoms with Gasteiger partial charge in [0, 0.05) is 24.0 Å². The number of nitrogens with one attached hydrogen (secondary N) is 1. The molecule has 23 heavy (non-hydrogen) atoms. The third kappa shape index (κ3) is 3.81. The van der Waals surface area contributed by atoms with E-state index in [2.05, 4.69) is 25.6 Å². The summed E-state index contributed by atoms with van der Waals surface area (Å²) in [4.78, 5) is 4.41. The molecule has 0 unspecified atom stereocenters. The van der Waals surface area contributed by atoms with Crippen molar-refractivity contribution in [3.05, 3.63) is 35.7 Å². The monoisotopic (exact) mass is 398 g/mol. The molecule has 1 aliphatic carbocycles. The van der Waals surface area contributed by atoms with Crippen molar-refractivity contribution < 1.29 is 8.42 Å². The van der Waals surface area contributed by atoms with Crippen molar-refractivity contribution in [2.24, 2.45) is 0 Å². The minimum Gasteiger partial charge on any atom is -0.267 e. The van der Waals surface area contributed by atoms with E-state index in [1.54, 1.807) is 6.20 Å². The Hall–Kier alpha value is -1.25. The van der Waals surface area contributed by atoms with Gasteiger partial charge in [0.2, 0.25) is 10.0 Å². The molecule has 0 amide bonds. The Labute approximate surface area is 144 Å². The molecule has 0 atom stereocenters. The largest absolute Gasteiger partial charge is 0.267 e. The van der Waals surface area contributed by atoms with Gasteiger partial charge >= 0.3 is 0 Å². The molecule has 1 aliphatic rings. The van der Waals surface area contributed by atoms with E-state index in [0.29, 0.717) is 13.1 Å². The Kier molecular flexibility index (Phi) is 5.13. The maximum absolute atomic E-state index is 11.5. The van der Waals surface area contributed by atoms with Crippen LogP contribution in [0.2, 0.25) is 0 Å². The molecule has 2 aromatic heterocycles. The Balaban J connectivity index is 1.85. The van der Waals surface area contributed by atoms with Crippen molar-refractivity contribution >= 4 is 26.0 Å². The summed E-state index contributed by atoms with van der Waals surface area (Å²) in [5.74, 6) is 0. The standard InChI is InChI=1S/C15H19BrN4O2S/c16-11-23(21,22)18-9-10-20-14-7-2-1-5-12(14)15(19-20)13-6-3-4-8-17-13/h3-4,6,8,18H,1-2,5,7,9-11H2. The molecular formula is C15H19BrN4O2S. The number of alkyl halides is 1. The maximum atomic E-state index is 11.5. The first-order valence-corrected chi connectivity index (χ1v) is 10.4. The number of rotatable bonds is 6. The molecule has 0 spiro atoms. The van der Waals surface area contributed by atoms with Gasteiger partial charge in [0.05, 0.1) is 12.2 Å². The molecule has 8 heteroatoms. The minimum atomic E-state index is -3.24. The fourth-order valence-corrected chi connectivity index (χ4v) is 3.88. The topological polar surface area (TPSA) is 76.9 Å². The third-order valence-electron chi connectivity index (χ3n) is 3.95. The van der Waals surface area contributed by atoms with Crippen molar-refractivity contribution in [2.45, 2.75) is 32.2 Å². The molecule has 2 heterocycles. The van der Waals surface area contributed by atoms with Gasteiger partial charge in [-0.05, 0) is 37.8 Å². The second-order valence-corrected chi connectivity index (χ2v) is 8.65. The van der Waals surface area contributed by atoms with Gasteiger partial charge in [0.1, 0.15) is 10.4 Å². The lowest BCUT2D eigenvalue weighted by atomic mass is 9.95. The predicted octanol–water partition coefficient (Wildman–Crippen LogP) is 2.10. The quantitative estimate of drug-likeness (QED) is 0.755. The zero-order valence-corrected chi connectivity index (χ0v) is 15.1. The van der Waals surface area contributed by atoms with Crippen LogP contribution < -0.4 is 4.72 Å². The van der Waals surface area contributed by atoms with Crippen LogP contribution in [0.3, 0.4) is 0 Å². The first kappa shape index (κ1) is 16.6. The number of halogens is 1. The summed E-state index contributed by atoms with van der Waals surface area (Å²) in [7, 11) is -3.24. The van der Waals surface area contributed by atoms with Gasteiger partial charge in [-0.25, -0.2) is 13.1 Å². The summed E-state index contributed by atoms with van der Waals surface area (Å²) in [6.45, 7) is 0.866. The van der Waals surface area contributed by atoms with Gasteiger partial charge in [-0.3, -0.25) is 9.67 Å². The van der Waals surface area contributed by atoms with Gasteiger partial charge < -0.3 is 0 Å². The summed E-state index contributed by atoms with van der Waals surface area (Å²) in [6.07, 6.45) is 6.07. The Morgan fingerprint density at radius 1 is 1.26 bits per heavy atom. The maximum Gasteiger partial charge on any atom is 0.221 e. The van der Waals surface area contributed by atoms with E-state index in [0.717, 1.165) is 37.1 Å². The second kappa shape index (κ2) is 7.11. The van der Waals surface area contributed by atoms with Crippen molar-refractivity contribution in [1.29, 1.82) is 0 Å². The number of pyridine rings is 1. The summed E-state index contributed by atoms with van der Waals surface area (Å²) in [5.41, 5.74) is 4.29. The van der Waals surface area contributed by atoms with Crippen molar-refractivity contribution in [1.82, 2.24) is 19.5 Å². The van der Waals surface area contributed by atoms with Gasteiger partial charge in [-0.1, -0.05) is 22.0 Å². The molecule has 1 N–H and O–H groups in total. The van der Waals surface area contributed by atoms with E-state index in [4.69, 9.17) is 5.10 Å². The van der Waals surface area contributed by atoms with E-state index in [9.17, 15) is 8.42 Å². The molecule has 0 aliphatic heterocycles. The SMILES string of the molecule is O=S(=O)(CBr)NCCn1nc(-c2ccccn2)c2c1CCCC2. The molecule has 0 radical (unpaired) electrons. The number of hydrogen-bond donors (Lipinski definition) is 1. The fraction of sp³-hybridized carbons (Fsp3) is 0.467. The highest BCUT2D eigenvalue weighted by atomic mass is 79.9. The lowest BCUT2D eigenvalue weighted by Gasteiger charge is -2.14. The van der Waals surface area contributed by atoms with Crippen LogP contribution in [0, 0.1) is 0 Å². The number of aromatic nitrogens is 3. The molecule has 3 rings (SSSR count). The summed E-state index contributed by atoms with van der Waals surface area (Å²) in [6, 6.07) is 5.82. The number of hydrogen-bond acceptors (Lipinski definition) is 4. The first-order valence-electron chi connectivity index (χ1n) is 7.64. The molecule has 0 saturated carbocycles. The normalized spacial score (nSPS) is 14.7. The van der Waals surface area contributed by atoms with Crippen LogP contribution >= 0.6 is 15.9 Å². The number of nitrogens with zero attached hydrogens (tertiary/aromatic N) is 3. The molecule has 0 fully saturated rings. The predicted molar refractivity (Wildman–Crippen MR) is 92.8 cm³/mol. The number of fused-ring (bicyclic) bond motifs is 1. The molecule has 6 nitrogen and oxygen atoms in total. The average molecular weight is 399 g/mol. The third-order valence-corrected chi connectivity index (χ3v) is 6.69. The van der Waals surface area contributed by atoms with E-state index in [1.165, 1.54) is 11.3 Å². The van der Waals surface area contributed by atoms with E-state index in [-0.39, 0.29) is 4.66 Å². The molecule has 0 saturated heterocycles. The lowest BCUT2D eigenvalue weighted by molar-refractivity contribution is 0.540. The minimum absolute atomic E-state index is 0.0869. The van der Waals surface area contributed by atoms with Crippen LogP contribution in [-0.4, -0.2) is 34.4 Å². The van der Waals surface area contributed by atoms with Crippen LogP contribution in [0.5, 0.6) is 0 Å². The molecule has 0 aromatic carbocycles. The highest BCUT2D eigenvalue weighted by Gasteiger charge is 2.22. The highest BCUT2D eigenvalue weighted by molar-refractivity contribution is 9.10. The van der Waals surface area contributed by atoms with Crippen LogP contribution in [0.25, 0.3) is 11.4 Å². The van der Waals surface area contributed by atoms with Crippen molar-refractivity contribution in [3.63, 3.8) is 0 Å². The molecule has 2 aromatic rings. The van der Waals surface area contributed by atoms with Gasteiger partial charge in [0.25, 0.3) is 0 Å². The van der Waals surface area contributed by atoms with Gasteiger partial charge in [-0.15, -0.1) is 0 Å². The average Bonchev–Trinajstić information content (AvgIpc) is 2.95. The fourth-order valence-electron chi connectivity index (χ4n) is 2.91. The van der Waals surface area contributed by atoms with Gasteiger partial charge in [-0.2, -0.15) is 5.10 Å².